The Hall–Kier alpha value is -1.57. The predicted octanol–water partition coefficient (Wildman–Crippen LogP) is 12.6. The van der Waals surface area contributed by atoms with E-state index in [4.69, 9.17) is 0 Å². The Morgan fingerprint density at radius 3 is 1.27 bits per heavy atom. The molecule has 6 aliphatic carbocycles. The van der Waals surface area contributed by atoms with E-state index in [2.05, 4.69) is 72.1 Å². The smallest absolute Gasteiger partial charge is 0.0849 e. The van der Waals surface area contributed by atoms with Gasteiger partial charge in [0.15, 0.2) is 0 Å². The average molecular weight is 1070 g/mol. The first-order valence-corrected chi connectivity index (χ1v) is 29.7. The van der Waals surface area contributed by atoms with Crippen LogP contribution in [0.4, 0.5) is 0 Å². The van der Waals surface area contributed by atoms with Crippen molar-refractivity contribution in [3.05, 3.63) is 70.9 Å². The fourth-order valence-electron chi connectivity index (χ4n) is 15.3. The van der Waals surface area contributed by atoms with Crippen molar-refractivity contribution in [3.8, 4) is 0 Å². The minimum absolute atomic E-state index is 0. The molecule has 0 saturated heterocycles. The van der Waals surface area contributed by atoms with Gasteiger partial charge < -0.3 is 46.0 Å². The molecule has 6 fully saturated rings. The van der Waals surface area contributed by atoms with Crippen LogP contribution in [0.5, 0.6) is 0 Å². The van der Waals surface area contributed by atoms with Crippen LogP contribution in [0.2, 0.25) is 0 Å². The standard InChI is InChI=1S/C33H56O4.C32H54O5.H2S/c1-22-25(20-26(34)21-29(22)35)13-12-23-11-9-19-33(7)27(23)15-16-28(33)24(10-8-18-31(2,3)4)14-17-30(36)32(5,6)37;1-21-24(19-25(33)20-28(21)34)12-11-22-10-8-18-32(6)26(22)14-15-27(32)23(9-7-17-30(2,3)36)13-16-29(35)31(4,5)37;/h12-13,24,26-30,34-37H,1,8-11,14-21H2,2-7H3;11-12,23,25-29,33-37H,1,7-10,13-20H2,2-6H3;1H2/b23-12+,25-13-;22-11+,24-12-;/t24-,26+,27?,28?,29-,30?,33-;23?,25-,26?,27?,28+,29?,32+;/m01./s1. The van der Waals surface area contributed by atoms with Crippen molar-refractivity contribution in [2.24, 2.45) is 51.8 Å². The van der Waals surface area contributed by atoms with E-state index in [1.165, 1.54) is 75.4 Å². The van der Waals surface area contributed by atoms with Crippen molar-refractivity contribution < 1.29 is 46.0 Å². The second kappa shape index (κ2) is 27.3. The highest BCUT2D eigenvalue weighted by Crippen LogP contribution is 2.62. The topological polar surface area (TPSA) is 182 Å². The largest absolute Gasteiger partial charge is 0.393 e. The maximum absolute atomic E-state index is 10.6. The molecule has 0 bridgehead atoms. The van der Waals surface area contributed by atoms with E-state index in [-0.39, 0.29) is 24.3 Å². The van der Waals surface area contributed by atoms with Crippen molar-refractivity contribution in [3.63, 3.8) is 0 Å². The maximum Gasteiger partial charge on any atom is 0.0849 e. The summed E-state index contributed by atoms with van der Waals surface area (Å²) in [6.07, 6.45) is 28.2. The molecule has 0 aromatic rings. The highest BCUT2D eigenvalue weighted by atomic mass is 32.1. The number of hydrogen-bond donors (Lipinski definition) is 9. The number of aliphatic hydroxyl groups is 9. The second-order valence-corrected chi connectivity index (χ2v) is 28.5. The van der Waals surface area contributed by atoms with Crippen LogP contribution in [0.25, 0.3) is 0 Å². The zero-order chi connectivity index (χ0) is 55.2. The van der Waals surface area contributed by atoms with E-state index in [1.807, 2.05) is 13.8 Å². The average Bonchev–Trinajstić information content (AvgIpc) is 3.83. The summed E-state index contributed by atoms with van der Waals surface area (Å²) in [6, 6.07) is 0. The van der Waals surface area contributed by atoms with Gasteiger partial charge in [0, 0.05) is 12.8 Å². The van der Waals surface area contributed by atoms with Gasteiger partial charge in [0.05, 0.1) is 53.4 Å². The second-order valence-electron chi connectivity index (χ2n) is 28.5. The third-order valence-electron chi connectivity index (χ3n) is 19.9. The van der Waals surface area contributed by atoms with Gasteiger partial charge in [0.2, 0.25) is 0 Å². The Morgan fingerprint density at radius 2 is 0.920 bits per heavy atom. The summed E-state index contributed by atoms with van der Waals surface area (Å²) in [7, 11) is 0. The Labute approximate surface area is 463 Å². The molecule has 0 aromatic carbocycles. The van der Waals surface area contributed by atoms with Crippen LogP contribution in [0.3, 0.4) is 0 Å². The van der Waals surface area contributed by atoms with Crippen LogP contribution in [0.1, 0.15) is 230 Å². The summed E-state index contributed by atoms with van der Waals surface area (Å²) < 4.78 is 0. The fourth-order valence-corrected chi connectivity index (χ4v) is 15.3. The van der Waals surface area contributed by atoms with Gasteiger partial charge in [-0.25, -0.2) is 0 Å². The molecule has 0 spiro atoms. The van der Waals surface area contributed by atoms with E-state index in [9.17, 15) is 46.0 Å². The summed E-state index contributed by atoms with van der Waals surface area (Å²) in [5.74, 6) is 3.30. The van der Waals surface area contributed by atoms with Gasteiger partial charge in [-0.2, -0.15) is 13.5 Å². The quantitative estimate of drug-likeness (QED) is 0.0608. The molecule has 0 aliphatic heterocycles. The number of allylic oxidation sites excluding steroid dienone is 6. The number of aliphatic hydroxyl groups excluding tert-OH is 6. The first kappa shape index (κ1) is 65.9. The fraction of sp³-hybridized carbons (Fsp3) is 0.815. The van der Waals surface area contributed by atoms with Crippen molar-refractivity contribution in [1.82, 2.24) is 0 Å². The lowest BCUT2D eigenvalue weighted by molar-refractivity contribution is -0.0564. The molecule has 432 valence electrons. The highest BCUT2D eigenvalue weighted by Gasteiger charge is 2.53. The monoisotopic (exact) mass is 1070 g/mol. The SMILES string of the molecule is C=C1/C(=C\C=C2/CCC[C@@]3(C)C2CCC3C(CCCC(C)(C)O)CCC(O)C(C)(C)O)C[C@@H](O)C[C@@H]1O.C=C1/C(=C\C=C2/CCC[C@@]3(C)C2CCC3[C@@H](CCCC(C)(C)C)CCC(O)C(C)(C)O)C[C@@H](O)C[C@@H]1O.S. The van der Waals surface area contributed by atoms with Crippen molar-refractivity contribution in [2.45, 2.75) is 284 Å². The van der Waals surface area contributed by atoms with Gasteiger partial charge in [-0.15, -0.1) is 0 Å². The molecule has 6 saturated carbocycles. The minimum Gasteiger partial charge on any atom is -0.393 e. The summed E-state index contributed by atoms with van der Waals surface area (Å²) in [5.41, 5.74) is 4.42. The van der Waals surface area contributed by atoms with Crippen molar-refractivity contribution in [1.29, 1.82) is 0 Å². The molecule has 0 radical (unpaired) electrons. The number of fused-ring (bicyclic) bond motifs is 2. The van der Waals surface area contributed by atoms with Gasteiger partial charge in [-0.05, 0) is 231 Å². The normalized spacial score (nSPS) is 34.7. The van der Waals surface area contributed by atoms with E-state index in [1.54, 1.807) is 27.7 Å². The Morgan fingerprint density at radius 1 is 0.547 bits per heavy atom. The molecule has 0 heterocycles. The Bertz CT molecular complexity index is 1830. The molecular weight excluding hydrogens is 957 g/mol. The van der Waals surface area contributed by atoms with Crippen molar-refractivity contribution in [2.75, 3.05) is 0 Å². The van der Waals surface area contributed by atoms with E-state index in [0.29, 0.717) is 79.4 Å². The first-order chi connectivity index (χ1) is 34.2. The molecule has 6 aliphatic rings. The minimum atomic E-state index is -1.10. The summed E-state index contributed by atoms with van der Waals surface area (Å²) in [4.78, 5) is 0. The van der Waals surface area contributed by atoms with Crippen LogP contribution in [-0.2, 0) is 0 Å². The third kappa shape index (κ3) is 18.2. The number of rotatable bonds is 19. The van der Waals surface area contributed by atoms with E-state index < -0.39 is 53.4 Å². The molecule has 10 heteroatoms. The van der Waals surface area contributed by atoms with Gasteiger partial charge in [-0.3, -0.25) is 0 Å². The molecule has 7 unspecified atom stereocenters. The van der Waals surface area contributed by atoms with Crippen LogP contribution in [0, 0.1) is 51.8 Å². The highest BCUT2D eigenvalue weighted by molar-refractivity contribution is 7.59. The van der Waals surface area contributed by atoms with Gasteiger partial charge >= 0.3 is 0 Å². The van der Waals surface area contributed by atoms with Crippen molar-refractivity contribution >= 4 is 13.5 Å². The molecule has 9 N–H and O–H groups in total. The molecule has 0 aromatic heterocycles. The zero-order valence-electron chi connectivity index (χ0n) is 49.1. The van der Waals surface area contributed by atoms with Crippen LogP contribution in [-0.4, -0.2) is 99.4 Å². The summed E-state index contributed by atoms with van der Waals surface area (Å²) >= 11 is 0. The predicted molar refractivity (Wildman–Crippen MR) is 313 cm³/mol. The molecule has 9 nitrogen and oxygen atoms in total. The van der Waals surface area contributed by atoms with Gasteiger partial charge in [0.25, 0.3) is 0 Å². The lowest BCUT2D eigenvalue weighted by atomic mass is 9.59. The van der Waals surface area contributed by atoms with Gasteiger partial charge in [0.1, 0.15) is 0 Å². The first-order valence-electron chi connectivity index (χ1n) is 29.7. The molecular formula is C65H112O9S. The van der Waals surface area contributed by atoms with Crippen LogP contribution >= 0.6 is 13.5 Å². The Balaban J connectivity index is 0.000000320. The molecule has 0 amide bonds. The maximum atomic E-state index is 10.6. The van der Waals surface area contributed by atoms with Gasteiger partial charge in [-0.1, -0.05) is 109 Å². The lowest BCUT2D eigenvalue weighted by Gasteiger charge is -2.45. The molecule has 6 rings (SSSR count). The number of hydrogen-bond acceptors (Lipinski definition) is 9. The van der Waals surface area contributed by atoms with Crippen LogP contribution in [0.15, 0.2) is 70.9 Å². The zero-order valence-corrected chi connectivity index (χ0v) is 50.1. The summed E-state index contributed by atoms with van der Waals surface area (Å²) in [6.45, 7) is 30.6. The molecule has 14 atom stereocenters. The van der Waals surface area contributed by atoms with Crippen LogP contribution < -0.4 is 0 Å². The van der Waals surface area contributed by atoms with E-state index >= 15 is 0 Å². The lowest BCUT2D eigenvalue weighted by Crippen LogP contribution is -2.39. The Kier molecular flexibility index (Phi) is 24.0. The molecule has 75 heavy (non-hydrogen) atoms. The summed E-state index contributed by atoms with van der Waals surface area (Å²) in [5, 5.41) is 92.9. The van der Waals surface area contributed by atoms with E-state index in [0.717, 1.165) is 73.7 Å². The third-order valence-corrected chi connectivity index (χ3v) is 19.9.